The zero-order valence-corrected chi connectivity index (χ0v) is 15.3. The Balaban J connectivity index is 2.14. The van der Waals surface area contributed by atoms with Crippen molar-refractivity contribution in [2.24, 2.45) is 11.8 Å². The van der Waals surface area contributed by atoms with Gasteiger partial charge in [-0.3, -0.25) is 0 Å². The Morgan fingerprint density at radius 3 is 2.86 bits per heavy atom. The van der Waals surface area contributed by atoms with Gasteiger partial charge in [0.2, 0.25) is 0 Å². The zero-order chi connectivity index (χ0) is 15.4. The minimum atomic E-state index is 0.575. The molecule has 1 aliphatic heterocycles. The number of pyridine rings is 1. The highest BCUT2D eigenvalue weighted by atomic mass is 79.9. The maximum Gasteiger partial charge on any atom is 0.133 e. The van der Waals surface area contributed by atoms with Gasteiger partial charge in [0.25, 0.3) is 0 Å². The van der Waals surface area contributed by atoms with Crippen LogP contribution < -0.4 is 10.2 Å². The van der Waals surface area contributed by atoms with E-state index in [0.29, 0.717) is 12.0 Å². The normalized spacial score (nSPS) is 22.9. The Kier molecular flexibility index (Phi) is 6.06. The van der Waals surface area contributed by atoms with Crippen LogP contribution in [0.5, 0.6) is 0 Å². The predicted molar refractivity (Wildman–Crippen MR) is 93.7 cm³/mol. The Morgan fingerprint density at radius 2 is 2.19 bits per heavy atom. The summed E-state index contributed by atoms with van der Waals surface area (Å²) in [6, 6.07) is 2.78. The van der Waals surface area contributed by atoms with Gasteiger partial charge in [0.1, 0.15) is 5.82 Å². The van der Waals surface area contributed by atoms with Crippen molar-refractivity contribution < 1.29 is 0 Å². The minimum absolute atomic E-state index is 0.575. The van der Waals surface area contributed by atoms with Gasteiger partial charge >= 0.3 is 0 Å². The molecule has 0 aliphatic carbocycles. The zero-order valence-electron chi connectivity index (χ0n) is 13.7. The van der Waals surface area contributed by atoms with E-state index in [9.17, 15) is 0 Å². The van der Waals surface area contributed by atoms with Crippen LogP contribution in [0, 0.1) is 11.8 Å². The van der Waals surface area contributed by atoms with Crippen molar-refractivity contribution in [2.75, 3.05) is 18.0 Å². The number of rotatable bonds is 5. The summed E-state index contributed by atoms with van der Waals surface area (Å²) in [5, 5.41) is 3.54. The van der Waals surface area contributed by atoms with Crippen molar-refractivity contribution in [1.29, 1.82) is 0 Å². The highest BCUT2D eigenvalue weighted by molar-refractivity contribution is 9.10. The Bertz CT molecular complexity index is 461. The summed E-state index contributed by atoms with van der Waals surface area (Å²) >= 11 is 3.56. The molecular weight excluding hydrogens is 326 g/mol. The molecular formula is C17H28BrN3. The molecule has 0 bridgehead atoms. The summed E-state index contributed by atoms with van der Waals surface area (Å²) in [5.41, 5.74) is 1.30. The van der Waals surface area contributed by atoms with Crippen molar-refractivity contribution in [3.8, 4) is 0 Å². The number of nitrogens with zero attached hydrogens (tertiary/aromatic N) is 2. The maximum atomic E-state index is 4.71. The lowest BCUT2D eigenvalue weighted by Gasteiger charge is -2.38. The average Bonchev–Trinajstić information content (AvgIpc) is 2.39. The quantitative estimate of drug-likeness (QED) is 0.858. The third-order valence-electron chi connectivity index (χ3n) is 4.19. The Labute approximate surface area is 137 Å². The standard InChI is InChI=1S/C17H28BrN3/c1-12(2)9-19-10-15-8-16(18)11-20-17(15)21-6-5-13(3)7-14(21)4/h8,11-14,19H,5-7,9-10H2,1-4H3. The molecule has 0 amide bonds. The van der Waals surface area contributed by atoms with Gasteiger partial charge in [-0.15, -0.1) is 0 Å². The Hall–Kier alpha value is -0.610. The second-order valence-electron chi connectivity index (χ2n) is 6.83. The van der Waals surface area contributed by atoms with Gasteiger partial charge in [-0.2, -0.15) is 0 Å². The van der Waals surface area contributed by atoms with Crippen molar-refractivity contribution in [3.63, 3.8) is 0 Å². The first kappa shape index (κ1) is 16.8. The minimum Gasteiger partial charge on any atom is -0.354 e. The van der Waals surface area contributed by atoms with E-state index in [1.54, 1.807) is 0 Å². The van der Waals surface area contributed by atoms with Gasteiger partial charge in [0.15, 0.2) is 0 Å². The van der Waals surface area contributed by atoms with Gasteiger partial charge in [-0.25, -0.2) is 4.98 Å². The topological polar surface area (TPSA) is 28.2 Å². The second-order valence-corrected chi connectivity index (χ2v) is 7.75. The first-order valence-corrected chi connectivity index (χ1v) is 8.88. The summed E-state index contributed by atoms with van der Waals surface area (Å²) in [7, 11) is 0. The molecule has 0 spiro atoms. The van der Waals surface area contributed by atoms with Crippen molar-refractivity contribution in [2.45, 2.75) is 53.1 Å². The van der Waals surface area contributed by atoms with Crippen molar-refractivity contribution >= 4 is 21.7 Å². The van der Waals surface area contributed by atoms with Crippen LogP contribution in [0.15, 0.2) is 16.7 Å². The molecule has 1 fully saturated rings. The highest BCUT2D eigenvalue weighted by Gasteiger charge is 2.25. The summed E-state index contributed by atoms with van der Waals surface area (Å²) in [4.78, 5) is 7.20. The van der Waals surface area contributed by atoms with Crippen LogP contribution in [0.4, 0.5) is 5.82 Å². The molecule has 1 aromatic heterocycles. The fourth-order valence-corrected chi connectivity index (χ4v) is 3.46. The predicted octanol–water partition coefficient (Wildman–Crippen LogP) is 4.21. The van der Waals surface area contributed by atoms with E-state index in [-0.39, 0.29) is 0 Å². The third-order valence-corrected chi connectivity index (χ3v) is 4.62. The molecule has 1 aromatic rings. The molecule has 2 atom stereocenters. The molecule has 1 saturated heterocycles. The molecule has 1 aliphatic rings. The smallest absolute Gasteiger partial charge is 0.133 e. The van der Waals surface area contributed by atoms with E-state index < -0.39 is 0 Å². The first-order valence-electron chi connectivity index (χ1n) is 8.09. The summed E-state index contributed by atoms with van der Waals surface area (Å²) in [6.07, 6.45) is 4.45. The molecule has 0 saturated carbocycles. The number of aromatic nitrogens is 1. The van der Waals surface area contributed by atoms with Gasteiger partial charge < -0.3 is 10.2 Å². The second kappa shape index (κ2) is 7.59. The van der Waals surface area contributed by atoms with Crippen molar-refractivity contribution in [3.05, 3.63) is 22.3 Å². The lowest BCUT2D eigenvalue weighted by atomic mass is 9.93. The fourth-order valence-electron chi connectivity index (χ4n) is 3.08. The van der Waals surface area contributed by atoms with E-state index in [1.165, 1.54) is 18.4 Å². The molecule has 118 valence electrons. The maximum absolute atomic E-state index is 4.71. The summed E-state index contributed by atoms with van der Waals surface area (Å²) < 4.78 is 1.06. The lowest BCUT2D eigenvalue weighted by Crippen LogP contribution is -2.41. The fraction of sp³-hybridized carbons (Fsp3) is 0.706. The number of hydrogen-bond acceptors (Lipinski definition) is 3. The van der Waals surface area contributed by atoms with Crippen LogP contribution in [0.2, 0.25) is 0 Å². The number of halogens is 1. The third kappa shape index (κ3) is 4.68. The Morgan fingerprint density at radius 1 is 1.43 bits per heavy atom. The highest BCUT2D eigenvalue weighted by Crippen LogP contribution is 2.30. The summed E-state index contributed by atoms with van der Waals surface area (Å²) in [6.45, 7) is 12.2. The van der Waals surface area contributed by atoms with Crippen molar-refractivity contribution in [1.82, 2.24) is 10.3 Å². The van der Waals surface area contributed by atoms with Gasteiger partial charge in [-0.1, -0.05) is 20.8 Å². The van der Waals surface area contributed by atoms with E-state index in [4.69, 9.17) is 4.98 Å². The van der Waals surface area contributed by atoms with Crippen LogP contribution in [0.1, 0.15) is 46.1 Å². The molecule has 2 rings (SSSR count). The molecule has 1 N–H and O–H groups in total. The van der Waals surface area contributed by atoms with E-state index in [1.807, 2.05) is 6.20 Å². The molecule has 0 radical (unpaired) electrons. The number of nitrogens with one attached hydrogen (secondary N) is 1. The molecule has 0 aromatic carbocycles. The molecule has 4 heteroatoms. The number of anilines is 1. The summed E-state index contributed by atoms with van der Waals surface area (Å²) in [5.74, 6) is 2.66. The SMILES string of the molecule is CC(C)CNCc1cc(Br)cnc1N1CCC(C)CC1C. The molecule has 3 nitrogen and oxygen atoms in total. The first-order chi connectivity index (χ1) is 9.97. The van der Waals surface area contributed by atoms with Gasteiger partial charge in [0, 0.05) is 35.4 Å². The van der Waals surface area contributed by atoms with E-state index in [0.717, 1.165) is 35.8 Å². The van der Waals surface area contributed by atoms with Crippen LogP contribution in [0.3, 0.4) is 0 Å². The molecule has 2 heterocycles. The van der Waals surface area contributed by atoms with Gasteiger partial charge in [0.05, 0.1) is 0 Å². The lowest BCUT2D eigenvalue weighted by molar-refractivity contribution is 0.375. The molecule has 2 unspecified atom stereocenters. The number of hydrogen-bond donors (Lipinski definition) is 1. The van der Waals surface area contributed by atoms with E-state index >= 15 is 0 Å². The number of piperidine rings is 1. The molecule has 21 heavy (non-hydrogen) atoms. The van der Waals surface area contributed by atoms with Crippen LogP contribution in [-0.2, 0) is 6.54 Å². The largest absolute Gasteiger partial charge is 0.354 e. The van der Waals surface area contributed by atoms with Crippen LogP contribution in [0.25, 0.3) is 0 Å². The van der Waals surface area contributed by atoms with Crippen LogP contribution in [-0.4, -0.2) is 24.1 Å². The average molecular weight is 354 g/mol. The van der Waals surface area contributed by atoms with Crippen LogP contribution >= 0.6 is 15.9 Å². The van der Waals surface area contributed by atoms with Gasteiger partial charge in [-0.05, 0) is 60.1 Å². The monoisotopic (exact) mass is 353 g/mol. The van der Waals surface area contributed by atoms with E-state index in [2.05, 4.69) is 59.9 Å².